The van der Waals surface area contributed by atoms with Crippen LogP contribution in [-0.4, -0.2) is 21.9 Å². The van der Waals surface area contributed by atoms with Gasteiger partial charge in [-0.25, -0.2) is 4.79 Å². The van der Waals surface area contributed by atoms with Crippen molar-refractivity contribution in [1.82, 2.24) is 4.90 Å². The molecule has 108 valence electrons. The highest BCUT2D eigenvalue weighted by Crippen LogP contribution is 2.26. The van der Waals surface area contributed by atoms with Gasteiger partial charge < -0.3 is 14.4 Å². The van der Waals surface area contributed by atoms with Crippen LogP contribution in [0.2, 0.25) is 0 Å². The van der Waals surface area contributed by atoms with Gasteiger partial charge in [-0.15, -0.1) is 0 Å². The van der Waals surface area contributed by atoms with Crippen molar-refractivity contribution in [3.8, 4) is 0 Å². The van der Waals surface area contributed by atoms with Gasteiger partial charge in [-0.2, -0.15) is 0 Å². The Morgan fingerprint density at radius 2 is 1.95 bits per heavy atom. The molecule has 21 heavy (non-hydrogen) atoms. The van der Waals surface area contributed by atoms with Crippen molar-refractivity contribution in [2.45, 2.75) is 26.4 Å². The van der Waals surface area contributed by atoms with Crippen molar-refractivity contribution in [2.75, 3.05) is 0 Å². The summed E-state index contributed by atoms with van der Waals surface area (Å²) in [5.41, 5.74) is 2.11. The number of nitrogens with zero attached hydrogens (tertiary/aromatic N) is 1. The molecule has 3 rings (SSSR count). The molecule has 1 amide bonds. The van der Waals surface area contributed by atoms with Crippen LogP contribution in [0.5, 0.6) is 0 Å². The maximum absolute atomic E-state index is 12.4. The summed E-state index contributed by atoms with van der Waals surface area (Å²) in [6.45, 7) is 2.86. The fourth-order valence-electron chi connectivity index (χ4n) is 2.51. The molecule has 5 nitrogen and oxygen atoms in total. The number of amides is 1. The van der Waals surface area contributed by atoms with Crippen LogP contribution in [-0.2, 0) is 19.5 Å². The third kappa shape index (κ3) is 2.42. The molecule has 0 spiro atoms. The van der Waals surface area contributed by atoms with Gasteiger partial charge in [-0.1, -0.05) is 13.0 Å². The molecule has 0 fully saturated rings. The van der Waals surface area contributed by atoms with Crippen molar-refractivity contribution < 1.29 is 19.1 Å². The molecule has 1 aromatic carbocycles. The van der Waals surface area contributed by atoms with E-state index < -0.39 is 5.97 Å². The van der Waals surface area contributed by atoms with Crippen LogP contribution in [0.15, 0.2) is 34.7 Å². The molecule has 0 unspecified atom stereocenters. The molecule has 1 aromatic heterocycles. The van der Waals surface area contributed by atoms with Gasteiger partial charge in [0.25, 0.3) is 5.91 Å². The minimum atomic E-state index is -0.957. The molecule has 0 bridgehead atoms. The van der Waals surface area contributed by atoms with Gasteiger partial charge in [0.15, 0.2) is 5.76 Å². The Morgan fingerprint density at radius 1 is 1.19 bits per heavy atom. The first-order chi connectivity index (χ1) is 10.1. The van der Waals surface area contributed by atoms with Gasteiger partial charge in [0.2, 0.25) is 0 Å². The summed E-state index contributed by atoms with van der Waals surface area (Å²) in [5.74, 6) is -0.00897. The van der Waals surface area contributed by atoms with E-state index in [-0.39, 0.29) is 11.5 Å². The van der Waals surface area contributed by atoms with Crippen LogP contribution in [0.1, 0.15) is 44.7 Å². The number of carboxylic acid groups (broad SMARTS) is 1. The minimum Gasteiger partial charge on any atom is -0.478 e. The number of hydrogen-bond donors (Lipinski definition) is 1. The minimum absolute atomic E-state index is 0.164. The number of carbonyl (C=O) groups excluding carboxylic acids is 1. The van der Waals surface area contributed by atoms with Crippen LogP contribution in [0, 0.1) is 0 Å². The predicted molar refractivity (Wildman–Crippen MR) is 75.1 cm³/mol. The van der Waals surface area contributed by atoms with E-state index in [0.29, 0.717) is 18.8 Å². The van der Waals surface area contributed by atoms with Crippen molar-refractivity contribution >= 4 is 11.9 Å². The van der Waals surface area contributed by atoms with Crippen molar-refractivity contribution in [2.24, 2.45) is 0 Å². The third-order valence-electron chi connectivity index (χ3n) is 3.68. The lowest BCUT2D eigenvalue weighted by atomic mass is 10.1. The largest absolute Gasteiger partial charge is 0.478 e. The fourth-order valence-corrected chi connectivity index (χ4v) is 2.51. The Morgan fingerprint density at radius 3 is 2.62 bits per heavy atom. The summed E-state index contributed by atoms with van der Waals surface area (Å²) < 4.78 is 5.48. The van der Waals surface area contributed by atoms with Gasteiger partial charge in [0.05, 0.1) is 5.56 Å². The fraction of sp³-hybridized carbons (Fsp3) is 0.250. The zero-order valence-corrected chi connectivity index (χ0v) is 11.6. The molecule has 0 radical (unpaired) electrons. The Labute approximate surface area is 121 Å². The average Bonchev–Trinajstić information content (AvgIpc) is 3.11. The second-order valence-corrected chi connectivity index (χ2v) is 5.07. The standard InChI is InChI=1S/C16H15NO4/c1-2-13-5-6-14(21-13)15(18)17-8-11-4-3-10(16(19)20)7-12(11)9-17/h3-7H,2,8-9H2,1H3,(H,19,20). The summed E-state index contributed by atoms with van der Waals surface area (Å²) in [6.07, 6.45) is 0.746. The number of aryl methyl sites for hydroxylation is 1. The number of hydrogen-bond acceptors (Lipinski definition) is 3. The van der Waals surface area contributed by atoms with E-state index >= 15 is 0 Å². The molecule has 2 heterocycles. The maximum Gasteiger partial charge on any atom is 0.335 e. The predicted octanol–water partition coefficient (Wildman–Crippen LogP) is 2.70. The zero-order chi connectivity index (χ0) is 15.0. The lowest BCUT2D eigenvalue weighted by molar-refractivity contribution is 0.0695. The number of furan rings is 1. The van der Waals surface area contributed by atoms with Gasteiger partial charge in [0, 0.05) is 19.5 Å². The maximum atomic E-state index is 12.4. The summed E-state index contributed by atoms with van der Waals surface area (Å²) >= 11 is 0. The Kier molecular flexibility index (Phi) is 3.25. The SMILES string of the molecule is CCc1ccc(C(=O)N2Cc3ccc(C(=O)O)cc3C2)o1. The molecule has 1 aliphatic heterocycles. The van der Waals surface area contributed by atoms with Gasteiger partial charge in [0.1, 0.15) is 5.76 Å². The molecule has 1 N–H and O–H groups in total. The van der Waals surface area contributed by atoms with Crippen LogP contribution in [0.3, 0.4) is 0 Å². The smallest absolute Gasteiger partial charge is 0.335 e. The number of carboxylic acids is 1. The van der Waals surface area contributed by atoms with Crippen LogP contribution < -0.4 is 0 Å². The van der Waals surface area contributed by atoms with Crippen molar-refractivity contribution in [1.29, 1.82) is 0 Å². The molecular formula is C16H15NO4. The van der Waals surface area contributed by atoms with E-state index in [1.54, 1.807) is 35.2 Å². The topological polar surface area (TPSA) is 70.8 Å². The number of aromatic carboxylic acids is 1. The molecule has 5 heteroatoms. The average molecular weight is 285 g/mol. The summed E-state index contributed by atoms with van der Waals surface area (Å²) in [6, 6.07) is 8.46. The Bertz CT molecular complexity index is 717. The van der Waals surface area contributed by atoms with Gasteiger partial charge >= 0.3 is 5.97 Å². The van der Waals surface area contributed by atoms with Crippen LogP contribution >= 0.6 is 0 Å². The molecular weight excluding hydrogens is 270 g/mol. The van der Waals surface area contributed by atoms with E-state index in [1.165, 1.54) is 0 Å². The van der Waals surface area contributed by atoms with Crippen LogP contribution in [0.25, 0.3) is 0 Å². The van der Waals surface area contributed by atoms with E-state index in [2.05, 4.69) is 0 Å². The van der Waals surface area contributed by atoms with Crippen molar-refractivity contribution in [3.63, 3.8) is 0 Å². The highest BCUT2D eigenvalue weighted by molar-refractivity contribution is 5.92. The first kappa shape index (κ1) is 13.4. The summed E-state index contributed by atoms with van der Waals surface area (Å²) in [4.78, 5) is 25.0. The van der Waals surface area contributed by atoms with Gasteiger partial charge in [-0.05, 0) is 35.4 Å². The normalized spacial score (nSPS) is 13.3. The first-order valence-corrected chi connectivity index (χ1v) is 6.81. The van der Waals surface area contributed by atoms with E-state index in [1.807, 2.05) is 6.92 Å². The number of fused-ring (bicyclic) bond motifs is 1. The van der Waals surface area contributed by atoms with Crippen LogP contribution in [0.4, 0.5) is 0 Å². The number of carbonyl (C=O) groups is 2. The molecule has 1 aliphatic rings. The number of benzene rings is 1. The van der Waals surface area contributed by atoms with E-state index in [4.69, 9.17) is 9.52 Å². The highest BCUT2D eigenvalue weighted by Gasteiger charge is 2.26. The quantitative estimate of drug-likeness (QED) is 0.941. The molecule has 0 saturated heterocycles. The van der Waals surface area contributed by atoms with E-state index in [0.717, 1.165) is 23.3 Å². The lowest BCUT2D eigenvalue weighted by Crippen LogP contribution is -2.24. The molecule has 0 aliphatic carbocycles. The number of rotatable bonds is 3. The summed E-state index contributed by atoms with van der Waals surface area (Å²) in [7, 11) is 0. The second kappa shape index (κ2) is 5.09. The Balaban J connectivity index is 1.80. The van der Waals surface area contributed by atoms with Crippen molar-refractivity contribution in [3.05, 3.63) is 58.5 Å². The zero-order valence-electron chi connectivity index (χ0n) is 11.6. The first-order valence-electron chi connectivity index (χ1n) is 6.81. The lowest BCUT2D eigenvalue weighted by Gasteiger charge is -2.13. The highest BCUT2D eigenvalue weighted by atomic mass is 16.4. The molecule has 2 aromatic rings. The van der Waals surface area contributed by atoms with E-state index in [9.17, 15) is 9.59 Å². The third-order valence-corrected chi connectivity index (χ3v) is 3.68. The summed E-state index contributed by atoms with van der Waals surface area (Å²) in [5, 5.41) is 9.00. The second-order valence-electron chi connectivity index (χ2n) is 5.07. The van der Waals surface area contributed by atoms with Gasteiger partial charge in [-0.3, -0.25) is 4.79 Å². The Hall–Kier alpha value is -2.56. The molecule has 0 atom stereocenters. The molecule has 0 saturated carbocycles. The monoisotopic (exact) mass is 285 g/mol.